The van der Waals surface area contributed by atoms with Crippen LogP contribution in [0.15, 0.2) is 29.2 Å². The van der Waals surface area contributed by atoms with Gasteiger partial charge in [0, 0.05) is 32.4 Å². The predicted molar refractivity (Wildman–Crippen MR) is 88.1 cm³/mol. The third kappa shape index (κ3) is 4.68. The molecule has 1 fully saturated rings. The zero-order chi connectivity index (χ0) is 17.0. The largest absolute Gasteiger partial charge is 0.381 e. The normalized spacial score (nSPS) is 19.3. The van der Waals surface area contributed by atoms with Gasteiger partial charge in [-0.15, -0.1) is 0 Å². The molecule has 7 heteroatoms. The second-order valence-corrected chi connectivity index (χ2v) is 8.06. The number of amides is 2. The maximum Gasteiger partial charge on any atom is 0.317 e. The first-order valence-electron chi connectivity index (χ1n) is 7.67. The van der Waals surface area contributed by atoms with Crippen molar-refractivity contribution in [3.05, 3.63) is 29.8 Å². The van der Waals surface area contributed by atoms with Crippen LogP contribution in [0, 0.1) is 5.92 Å². The van der Waals surface area contributed by atoms with Gasteiger partial charge >= 0.3 is 6.03 Å². The van der Waals surface area contributed by atoms with Crippen LogP contribution < -0.4 is 5.32 Å². The Kier molecular flexibility index (Phi) is 5.64. The summed E-state index contributed by atoms with van der Waals surface area (Å²) in [6.45, 7) is 3.99. The first-order valence-corrected chi connectivity index (χ1v) is 9.56. The molecule has 1 saturated heterocycles. The van der Waals surface area contributed by atoms with Gasteiger partial charge in [0.1, 0.15) is 0 Å². The SMILES string of the molecule is C[C@@H](c1ccc(S(C)(=O)=O)cc1)N(C)C(=O)NC[C@H]1CCOC1. The van der Waals surface area contributed by atoms with Gasteiger partial charge in [-0.1, -0.05) is 12.1 Å². The Hall–Kier alpha value is -1.60. The van der Waals surface area contributed by atoms with Crippen LogP contribution in [0.25, 0.3) is 0 Å². The molecule has 23 heavy (non-hydrogen) atoms. The fourth-order valence-corrected chi connectivity index (χ4v) is 3.12. The minimum atomic E-state index is -3.20. The van der Waals surface area contributed by atoms with E-state index in [4.69, 9.17) is 4.74 Å². The molecule has 2 amide bonds. The number of benzene rings is 1. The fourth-order valence-electron chi connectivity index (χ4n) is 2.49. The molecule has 1 N–H and O–H groups in total. The van der Waals surface area contributed by atoms with E-state index >= 15 is 0 Å². The average Bonchev–Trinajstić information content (AvgIpc) is 3.04. The van der Waals surface area contributed by atoms with E-state index < -0.39 is 9.84 Å². The average molecular weight is 340 g/mol. The lowest BCUT2D eigenvalue weighted by Gasteiger charge is -2.26. The second-order valence-electron chi connectivity index (χ2n) is 6.04. The van der Waals surface area contributed by atoms with Crippen molar-refractivity contribution in [2.75, 3.05) is 33.1 Å². The molecule has 1 aromatic carbocycles. The molecule has 0 spiro atoms. The van der Waals surface area contributed by atoms with Gasteiger partial charge in [-0.3, -0.25) is 0 Å². The van der Waals surface area contributed by atoms with Crippen molar-refractivity contribution in [2.24, 2.45) is 5.92 Å². The van der Waals surface area contributed by atoms with Crippen LogP contribution in [0.4, 0.5) is 4.79 Å². The van der Waals surface area contributed by atoms with Gasteiger partial charge in [-0.2, -0.15) is 0 Å². The van der Waals surface area contributed by atoms with Crippen molar-refractivity contribution >= 4 is 15.9 Å². The molecule has 1 heterocycles. The van der Waals surface area contributed by atoms with Crippen molar-refractivity contribution in [3.63, 3.8) is 0 Å². The van der Waals surface area contributed by atoms with Crippen molar-refractivity contribution in [2.45, 2.75) is 24.3 Å². The van der Waals surface area contributed by atoms with E-state index in [1.807, 2.05) is 6.92 Å². The van der Waals surface area contributed by atoms with E-state index in [-0.39, 0.29) is 17.0 Å². The molecule has 1 aliphatic heterocycles. The molecule has 0 saturated carbocycles. The number of nitrogens with zero attached hydrogens (tertiary/aromatic N) is 1. The maximum atomic E-state index is 12.2. The van der Waals surface area contributed by atoms with Crippen molar-refractivity contribution < 1.29 is 17.9 Å². The molecule has 0 bridgehead atoms. The fraction of sp³-hybridized carbons (Fsp3) is 0.562. The Morgan fingerprint density at radius 2 is 2.04 bits per heavy atom. The number of urea groups is 1. The molecule has 2 atom stereocenters. The number of sulfone groups is 1. The Balaban J connectivity index is 1.95. The molecule has 128 valence electrons. The summed E-state index contributed by atoms with van der Waals surface area (Å²) < 4.78 is 28.3. The summed E-state index contributed by atoms with van der Waals surface area (Å²) in [5, 5.41) is 2.92. The van der Waals surface area contributed by atoms with Crippen LogP contribution in [0.3, 0.4) is 0 Å². The van der Waals surface area contributed by atoms with Crippen molar-refractivity contribution in [3.8, 4) is 0 Å². The topological polar surface area (TPSA) is 75.7 Å². The quantitative estimate of drug-likeness (QED) is 0.887. The van der Waals surface area contributed by atoms with E-state index in [9.17, 15) is 13.2 Å². The second kappa shape index (κ2) is 7.31. The lowest BCUT2D eigenvalue weighted by Crippen LogP contribution is -2.40. The highest BCUT2D eigenvalue weighted by Crippen LogP contribution is 2.21. The summed E-state index contributed by atoms with van der Waals surface area (Å²) >= 11 is 0. The third-order valence-electron chi connectivity index (χ3n) is 4.26. The molecular weight excluding hydrogens is 316 g/mol. The molecule has 1 aromatic rings. The number of ether oxygens (including phenoxy) is 1. The zero-order valence-corrected chi connectivity index (χ0v) is 14.6. The molecule has 1 aliphatic rings. The first-order chi connectivity index (χ1) is 10.8. The van der Waals surface area contributed by atoms with Gasteiger partial charge in [0.15, 0.2) is 9.84 Å². The molecular formula is C16H24N2O4S. The number of carbonyl (C=O) groups is 1. The lowest BCUT2D eigenvalue weighted by atomic mass is 10.1. The summed E-state index contributed by atoms with van der Waals surface area (Å²) in [5.41, 5.74) is 0.888. The van der Waals surface area contributed by atoms with Crippen molar-refractivity contribution in [1.29, 1.82) is 0 Å². The number of nitrogens with one attached hydrogen (secondary N) is 1. The van der Waals surface area contributed by atoms with Crippen LogP contribution in [-0.4, -0.2) is 52.4 Å². The van der Waals surface area contributed by atoms with Crippen molar-refractivity contribution in [1.82, 2.24) is 10.2 Å². The highest BCUT2D eigenvalue weighted by Gasteiger charge is 2.21. The standard InChI is InChI=1S/C16H24N2O4S/c1-12(14-4-6-15(7-5-14)23(3,20)21)18(2)16(19)17-10-13-8-9-22-11-13/h4-7,12-13H,8-11H2,1-3H3,(H,17,19)/t12-,13+/m0/s1. The molecule has 6 nitrogen and oxygen atoms in total. The van der Waals surface area contributed by atoms with Crippen LogP contribution >= 0.6 is 0 Å². The van der Waals surface area contributed by atoms with Gasteiger partial charge in [-0.05, 0) is 31.0 Å². The van der Waals surface area contributed by atoms with E-state index in [1.54, 1.807) is 36.2 Å². The highest BCUT2D eigenvalue weighted by molar-refractivity contribution is 7.90. The number of hydrogen-bond acceptors (Lipinski definition) is 4. The van der Waals surface area contributed by atoms with E-state index in [2.05, 4.69) is 5.32 Å². The maximum absolute atomic E-state index is 12.2. The van der Waals surface area contributed by atoms with Gasteiger partial charge in [-0.25, -0.2) is 13.2 Å². The van der Waals surface area contributed by atoms with E-state index in [1.165, 1.54) is 6.26 Å². The molecule has 2 rings (SSSR count). The van der Waals surface area contributed by atoms with Crippen LogP contribution in [0.1, 0.15) is 24.9 Å². The van der Waals surface area contributed by atoms with Crippen LogP contribution in [-0.2, 0) is 14.6 Å². The highest BCUT2D eigenvalue weighted by atomic mass is 32.2. The Morgan fingerprint density at radius 1 is 1.39 bits per heavy atom. The van der Waals surface area contributed by atoms with Crippen LogP contribution in [0.5, 0.6) is 0 Å². The number of rotatable bonds is 5. The van der Waals surface area contributed by atoms with E-state index in [0.717, 1.165) is 18.6 Å². The molecule has 0 aromatic heterocycles. The van der Waals surface area contributed by atoms with Gasteiger partial charge in [0.25, 0.3) is 0 Å². The number of hydrogen-bond donors (Lipinski definition) is 1. The molecule has 0 unspecified atom stereocenters. The van der Waals surface area contributed by atoms with Gasteiger partial charge < -0.3 is 15.0 Å². The van der Waals surface area contributed by atoms with Gasteiger partial charge in [0.05, 0.1) is 17.5 Å². The Labute approximate surface area is 137 Å². The molecule has 0 aliphatic carbocycles. The summed E-state index contributed by atoms with van der Waals surface area (Å²) in [5.74, 6) is 0.386. The zero-order valence-electron chi connectivity index (χ0n) is 13.8. The summed E-state index contributed by atoms with van der Waals surface area (Å²) in [4.78, 5) is 14.1. The molecule has 0 radical (unpaired) electrons. The lowest BCUT2D eigenvalue weighted by molar-refractivity contribution is 0.179. The number of carbonyl (C=O) groups excluding carboxylic acids is 1. The minimum absolute atomic E-state index is 0.142. The monoisotopic (exact) mass is 340 g/mol. The van der Waals surface area contributed by atoms with E-state index in [0.29, 0.717) is 19.1 Å². The summed E-state index contributed by atoms with van der Waals surface area (Å²) in [6, 6.07) is 6.34. The Morgan fingerprint density at radius 3 is 2.57 bits per heavy atom. The predicted octanol–water partition coefficient (Wildman–Crippen LogP) is 1.83. The smallest absolute Gasteiger partial charge is 0.317 e. The Bertz CT molecular complexity index is 637. The van der Waals surface area contributed by atoms with Gasteiger partial charge in [0.2, 0.25) is 0 Å². The third-order valence-corrected chi connectivity index (χ3v) is 5.39. The summed E-state index contributed by atoms with van der Waals surface area (Å²) in [6.07, 6.45) is 2.16. The minimum Gasteiger partial charge on any atom is -0.381 e. The summed E-state index contributed by atoms with van der Waals surface area (Å²) in [7, 11) is -1.47. The van der Waals surface area contributed by atoms with Crippen LogP contribution in [0.2, 0.25) is 0 Å². The first kappa shape index (κ1) is 17.7.